The Morgan fingerprint density at radius 3 is 2.33 bits per heavy atom. The van der Waals surface area contributed by atoms with Crippen molar-refractivity contribution in [3.05, 3.63) is 69.3 Å². The topological polar surface area (TPSA) is 134 Å². The first-order valence-electron chi connectivity index (χ1n) is 8.59. The van der Waals surface area contributed by atoms with Gasteiger partial charge in [0.15, 0.2) is 5.13 Å². The van der Waals surface area contributed by atoms with Crippen LogP contribution in [-0.4, -0.2) is 16.6 Å². The second kappa shape index (κ2) is 9.94. The number of anilines is 2. The van der Waals surface area contributed by atoms with Crippen molar-refractivity contribution in [1.82, 2.24) is 9.55 Å². The zero-order valence-electron chi connectivity index (χ0n) is 16.8. The number of halogens is 1. The van der Waals surface area contributed by atoms with Gasteiger partial charge in [-0.15, -0.1) is 10.2 Å². The number of benzene rings is 1. The van der Waals surface area contributed by atoms with E-state index in [9.17, 15) is 4.79 Å². The minimum absolute atomic E-state index is 0.0484. The van der Waals surface area contributed by atoms with Crippen molar-refractivity contribution in [3.8, 4) is 0 Å². The van der Waals surface area contributed by atoms with Crippen LogP contribution in [-0.2, 0) is 14.1 Å². The molecule has 0 fully saturated rings. The van der Waals surface area contributed by atoms with Crippen LogP contribution in [0.4, 0.5) is 10.8 Å². The number of aryl methyl sites for hydroxylation is 2. The molecule has 0 saturated carbocycles. The van der Waals surface area contributed by atoms with E-state index in [1.165, 1.54) is 0 Å². The number of hydrogen-bond donors (Lipinski definition) is 0. The largest absolute Gasteiger partial charge is 0.497 e. The molecule has 1 aromatic carbocycles. The van der Waals surface area contributed by atoms with Crippen molar-refractivity contribution in [1.29, 1.82) is 0 Å². The third-order valence-electron chi connectivity index (χ3n) is 4.10. The summed E-state index contributed by atoms with van der Waals surface area (Å²) >= 11 is 1.63. The Kier molecular flexibility index (Phi) is 7.84. The Morgan fingerprint density at radius 1 is 1.13 bits per heavy atom. The first-order valence-corrected chi connectivity index (χ1v) is 10.6. The highest BCUT2D eigenvalue weighted by Gasteiger charge is 2.12. The third kappa shape index (κ3) is 6.73. The van der Waals surface area contributed by atoms with Crippen molar-refractivity contribution in [3.63, 3.8) is 0 Å². The lowest BCUT2D eigenvalue weighted by Crippen LogP contribution is -2.68. The molecule has 0 amide bonds. The molecule has 0 unspecified atom stereocenters. The molecule has 0 N–H and O–H groups in total. The maximum Gasteiger partial charge on any atom is 0.497 e. The van der Waals surface area contributed by atoms with Crippen molar-refractivity contribution < 1.29 is 33.4 Å². The van der Waals surface area contributed by atoms with Crippen LogP contribution in [0.15, 0.2) is 47.4 Å². The zero-order chi connectivity index (χ0) is 22.5. The summed E-state index contributed by atoms with van der Waals surface area (Å²) in [5.74, 6) is 0. The molecule has 0 atom stereocenters. The summed E-state index contributed by atoms with van der Waals surface area (Å²) in [7, 11) is 0.590. The van der Waals surface area contributed by atoms with Gasteiger partial charge in [0.2, 0.25) is 0 Å². The monoisotopic (exact) mass is 452 g/mol. The Hall–Kier alpha value is -2.60. The van der Waals surface area contributed by atoms with E-state index in [1.54, 1.807) is 40.8 Å². The molecule has 9 nitrogen and oxygen atoms in total. The average molecular weight is 453 g/mol. The summed E-state index contributed by atoms with van der Waals surface area (Å²) in [5, 5.41) is 0.941. The normalized spacial score (nSPS) is 11.3. The molecule has 0 saturated heterocycles. The smallest absolute Gasteiger partial charge is 0.321 e. The maximum atomic E-state index is 12.0. The second-order valence-electron chi connectivity index (χ2n) is 6.25. The van der Waals surface area contributed by atoms with E-state index in [-0.39, 0.29) is 5.69 Å². The van der Waals surface area contributed by atoms with Gasteiger partial charge in [0.05, 0.1) is 30.9 Å². The minimum Gasteiger partial charge on any atom is -0.321 e. The first kappa shape index (κ1) is 23.7. The first-order chi connectivity index (χ1) is 14.0. The quantitative estimate of drug-likeness (QED) is 0.424. The summed E-state index contributed by atoms with van der Waals surface area (Å²) in [6, 6.07) is 12.1. The summed E-state index contributed by atoms with van der Waals surface area (Å²) in [6.45, 7) is 2.00. The minimum atomic E-state index is -4.94. The molecule has 0 spiro atoms. The molecule has 0 aliphatic rings. The standard InChI is InChI=1S/C19H21N4OS.ClHO4/c1-14-17(11-10-16-12-13-21(2)19(24)23(16)4)25-18(20-14)22(3)15-8-6-5-7-9-15;2-1(3,4)5/h5-13H,1-4H3;(H,2,3,4,5)/q+1;/p-1. The number of para-hydroxylation sites is 1. The van der Waals surface area contributed by atoms with Gasteiger partial charge in [0.25, 0.3) is 0 Å². The van der Waals surface area contributed by atoms with Gasteiger partial charge in [0.1, 0.15) is 5.69 Å². The van der Waals surface area contributed by atoms with Crippen molar-refractivity contribution in [2.45, 2.75) is 6.92 Å². The Morgan fingerprint density at radius 2 is 1.73 bits per heavy atom. The van der Waals surface area contributed by atoms with Crippen LogP contribution < -0.4 is 33.8 Å². The zero-order valence-corrected chi connectivity index (χ0v) is 18.4. The molecular formula is C19H21ClN4O5S. The highest BCUT2D eigenvalue weighted by molar-refractivity contribution is 7.16. The average Bonchev–Trinajstić information content (AvgIpc) is 3.05. The fourth-order valence-corrected chi connectivity index (χ4v) is 3.44. The maximum absolute atomic E-state index is 12.0. The van der Waals surface area contributed by atoms with Crippen molar-refractivity contribution in [2.75, 3.05) is 11.9 Å². The van der Waals surface area contributed by atoms with Crippen molar-refractivity contribution in [2.24, 2.45) is 14.1 Å². The number of aromatic nitrogens is 3. The van der Waals surface area contributed by atoms with E-state index in [1.807, 2.05) is 50.4 Å². The lowest BCUT2D eigenvalue weighted by molar-refractivity contribution is -2.00. The molecule has 3 rings (SSSR count). The summed E-state index contributed by atoms with van der Waals surface area (Å²) in [5.41, 5.74) is 2.89. The highest BCUT2D eigenvalue weighted by Crippen LogP contribution is 2.31. The van der Waals surface area contributed by atoms with E-state index >= 15 is 0 Å². The van der Waals surface area contributed by atoms with Gasteiger partial charge >= 0.3 is 5.69 Å². The summed E-state index contributed by atoms with van der Waals surface area (Å²) in [6.07, 6.45) is 5.74. The van der Waals surface area contributed by atoms with Gasteiger partial charge in [-0.2, -0.15) is 9.36 Å². The molecule has 30 heavy (non-hydrogen) atoms. The van der Waals surface area contributed by atoms with Crippen LogP contribution in [0.1, 0.15) is 16.3 Å². The number of hydrogen-bond acceptors (Lipinski definition) is 8. The Balaban J connectivity index is 0.000000575. The fourth-order valence-electron chi connectivity index (χ4n) is 2.49. The van der Waals surface area contributed by atoms with Crippen LogP contribution in [0.3, 0.4) is 0 Å². The lowest BCUT2D eigenvalue weighted by atomic mass is 10.3. The van der Waals surface area contributed by atoms with Gasteiger partial charge in [-0.05, 0) is 31.2 Å². The lowest BCUT2D eigenvalue weighted by Gasteiger charge is -2.17. The summed E-state index contributed by atoms with van der Waals surface area (Å²) in [4.78, 5) is 19.8. The predicted molar refractivity (Wildman–Crippen MR) is 103 cm³/mol. The van der Waals surface area contributed by atoms with E-state index in [4.69, 9.17) is 18.6 Å². The predicted octanol–water partition coefficient (Wildman–Crippen LogP) is -1.84. The third-order valence-corrected chi connectivity index (χ3v) is 5.30. The number of nitrogens with zero attached hydrogens (tertiary/aromatic N) is 4. The van der Waals surface area contributed by atoms with E-state index in [0.717, 1.165) is 27.1 Å². The van der Waals surface area contributed by atoms with Crippen LogP contribution in [0.5, 0.6) is 0 Å². The van der Waals surface area contributed by atoms with E-state index in [0.29, 0.717) is 0 Å². The van der Waals surface area contributed by atoms with Crippen molar-refractivity contribution >= 4 is 34.3 Å². The van der Waals surface area contributed by atoms with Crippen LogP contribution >= 0.6 is 11.3 Å². The highest BCUT2D eigenvalue weighted by atomic mass is 35.7. The molecule has 0 aliphatic heterocycles. The van der Waals surface area contributed by atoms with E-state index < -0.39 is 10.2 Å². The van der Waals surface area contributed by atoms with Gasteiger partial charge < -0.3 is 4.90 Å². The van der Waals surface area contributed by atoms with Crippen LogP contribution in [0.2, 0.25) is 0 Å². The van der Waals surface area contributed by atoms with Gasteiger partial charge in [-0.25, -0.2) is 28.2 Å². The van der Waals surface area contributed by atoms with Gasteiger partial charge in [-0.1, -0.05) is 29.5 Å². The molecule has 11 heteroatoms. The molecule has 160 valence electrons. The SMILES string of the molecule is Cc1nc(N(C)c2ccccc2)sc1/C=C/c1cc[n+](C)c(=O)n1C.[O-][Cl+3]([O-])([O-])[O-]. The number of rotatable bonds is 4. The van der Waals surface area contributed by atoms with Gasteiger partial charge in [-0.3, -0.25) is 0 Å². The molecule has 3 aromatic rings. The fraction of sp³-hybridized carbons (Fsp3) is 0.211. The molecule has 2 aromatic heterocycles. The summed E-state index contributed by atoms with van der Waals surface area (Å²) < 4.78 is 37.2. The molecule has 0 aliphatic carbocycles. The Labute approximate surface area is 179 Å². The molecule has 0 radical (unpaired) electrons. The second-order valence-corrected chi connectivity index (χ2v) is 8.01. The van der Waals surface area contributed by atoms with Crippen LogP contribution in [0, 0.1) is 17.2 Å². The van der Waals surface area contributed by atoms with E-state index in [2.05, 4.69) is 22.0 Å². The van der Waals surface area contributed by atoms with Crippen LogP contribution in [0.25, 0.3) is 12.2 Å². The number of thiazole rings is 1. The Bertz CT molecular complexity index is 1070. The molecule has 2 heterocycles. The molecule has 0 bridgehead atoms. The molecular weight excluding hydrogens is 432 g/mol. The van der Waals surface area contributed by atoms with Gasteiger partial charge in [0, 0.05) is 18.8 Å².